The maximum absolute atomic E-state index is 5.98. The molecular weight excluding hydrogens is 252 g/mol. The summed E-state index contributed by atoms with van der Waals surface area (Å²) in [6, 6.07) is 2.64. The maximum atomic E-state index is 5.98. The summed E-state index contributed by atoms with van der Waals surface area (Å²) in [5.74, 6) is 2.10. The second-order valence-corrected chi connectivity index (χ2v) is 5.55. The van der Waals surface area contributed by atoms with Crippen LogP contribution in [0, 0.1) is 6.92 Å². The summed E-state index contributed by atoms with van der Waals surface area (Å²) in [5, 5.41) is 3.39. The van der Waals surface area contributed by atoms with Gasteiger partial charge in [-0.15, -0.1) is 0 Å². The number of nitrogens with one attached hydrogen (secondary N) is 1. The van der Waals surface area contributed by atoms with Crippen molar-refractivity contribution in [1.82, 2.24) is 10.2 Å². The van der Waals surface area contributed by atoms with Gasteiger partial charge in [0.25, 0.3) is 0 Å². The second-order valence-electron chi connectivity index (χ2n) is 5.55. The molecule has 1 aromatic heterocycles. The Balaban J connectivity index is 2.59. The summed E-state index contributed by atoms with van der Waals surface area (Å²) in [7, 11) is 1.74. The molecule has 4 heteroatoms. The lowest BCUT2D eigenvalue weighted by atomic mass is 10.2. The Labute approximate surface area is 123 Å². The molecule has 0 unspecified atom stereocenters. The quantitative estimate of drug-likeness (QED) is 0.670. The number of furan rings is 1. The number of hydrogen-bond acceptors (Lipinski definition) is 4. The summed E-state index contributed by atoms with van der Waals surface area (Å²) >= 11 is 0. The molecule has 0 saturated heterocycles. The molecule has 0 radical (unpaired) electrons. The van der Waals surface area contributed by atoms with Crippen molar-refractivity contribution < 1.29 is 9.15 Å². The Morgan fingerprint density at radius 1 is 1.40 bits per heavy atom. The Hall–Kier alpha value is -0.840. The normalized spacial score (nSPS) is 11.8. The Morgan fingerprint density at radius 3 is 2.75 bits per heavy atom. The summed E-state index contributed by atoms with van der Waals surface area (Å²) in [6.45, 7) is 13.1. The molecule has 0 fully saturated rings. The van der Waals surface area contributed by atoms with Crippen molar-refractivity contribution in [2.75, 3.05) is 26.8 Å². The van der Waals surface area contributed by atoms with Crippen molar-refractivity contribution in [1.29, 1.82) is 0 Å². The minimum Gasteiger partial charge on any atom is -0.463 e. The van der Waals surface area contributed by atoms with Crippen LogP contribution in [-0.4, -0.2) is 37.7 Å². The zero-order valence-corrected chi connectivity index (χ0v) is 13.7. The number of methoxy groups -OCH3 is 1. The average molecular weight is 282 g/mol. The first-order valence-corrected chi connectivity index (χ1v) is 7.60. The van der Waals surface area contributed by atoms with E-state index in [-0.39, 0.29) is 0 Å². The smallest absolute Gasteiger partial charge is 0.120 e. The molecule has 0 atom stereocenters. The van der Waals surface area contributed by atoms with Crippen molar-refractivity contribution in [2.24, 2.45) is 0 Å². The van der Waals surface area contributed by atoms with Crippen LogP contribution in [0.1, 0.15) is 44.3 Å². The Bertz CT molecular complexity index is 375. The first kappa shape index (κ1) is 17.2. The molecule has 1 aromatic rings. The fourth-order valence-electron chi connectivity index (χ4n) is 2.15. The van der Waals surface area contributed by atoms with Crippen molar-refractivity contribution in [3.63, 3.8) is 0 Å². The van der Waals surface area contributed by atoms with Gasteiger partial charge in [0.2, 0.25) is 0 Å². The van der Waals surface area contributed by atoms with Gasteiger partial charge in [0.05, 0.1) is 19.7 Å². The Morgan fingerprint density at radius 2 is 2.15 bits per heavy atom. The number of hydrogen-bond donors (Lipinski definition) is 1. The minimum absolute atomic E-state index is 0.484. The van der Waals surface area contributed by atoms with Gasteiger partial charge >= 0.3 is 0 Å². The van der Waals surface area contributed by atoms with E-state index in [2.05, 4.69) is 44.0 Å². The van der Waals surface area contributed by atoms with Gasteiger partial charge in [0.15, 0.2) is 0 Å². The van der Waals surface area contributed by atoms with Gasteiger partial charge in [0.1, 0.15) is 11.5 Å². The van der Waals surface area contributed by atoms with E-state index in [0.717, 1.165) is 50.7 Å². The first-order valence-electron chi connectivity index (χ1n) is 7.60. The summed E-state index contributed by atoms with van der Waals surface area (Å²) < 4.78 is 11.1. The number of aryl methyl sites for hydroxylation is 1. The fraction of sp³-hybridized carbons (Fsp3) is 0.750. The summed E-state index contributed by atoms with van der Waals surface area (Å²) in [5.41, 5.74) is 1.24. The lowest BCUT2D eigenvalue weighted by Crippen LogP contribution is -2.33. The molecule has 1 N–H and O–H groups in total. The third-order valence-electron chi connectivity index (χ3n) is 3.46. The van der Waals surface area contributed by atoms with Gasteiger partial charge in [-0.3, -0.25) is 4.90 Å². The van der Waals surface area contributed by atoms with Crippen LogP contribution in [0.3, 0.4) is 0 Å². The van der Waals surface area contributed by atoms with Gasteiger partial charge in [-0.1, -0.05) is 6.92 Å². The highest BCUT2D eigenvalue weighted by Gasteiger charge is 2.14. The molecule has 0 aliphatic rings. The minimum atomic E-state index is 0.484. The third-order valence-corrected chi connectivity index (χ3v) is 3.46. The highest BCUT2D eigenvalue weighted by atomic mass is 16.5. The number of ether oxygens (including phenoxy) is 1. The zero-order valence-electron chi connectivity index (χ0n) is 13.7. The van der Waals surface area contributed by atoms with Crippen LogP contribution in [-0.2, 0) is 17.8 Å². The van der Waals surface area contributed by atoms with Gasteiger partial charge in [-0.2, -0.15) is 0 Å². The molecule has 0 aliphatic carbocycles. The average Bonchev–Trinajstić information content (AvgIpc) is 2.75. The lowest BCUT2D eigenvalue weighted by Gasteiger charge is -2.24. The van der Waals surface area contributed by atoms with E-state index in [4.69, 9.17) is 9.15 Å². The van der Waals surface area contributed by atoms with Crippen molar-refractivity contribution in [3.8, 4) is 0 Å². The molecular formula is C16H30N2O2. The predicted molar refractivity (Wildman–Crippen MR) is 82.9 cm³/mol. The summed E-state index contributed by atoms with van der Waals surface area (Å²) in [6.07, 6.45) is 1.14. The van der Waals surface area contributed by atoms with Crippen LogP contribution >= 0.6 is 0 Å². The van der Waals surface area contributed by atoms with E-state index in [1.165, 1.54) is 5.56 Å². The van der Waals surface area contributed by atoms with Crippen LogP contribution in [0.2, 0.25) is 0 Å². The second kappa shape index (κ2) is 9.16. The van der Waals surface area contributed by atoms with Crippen LogP contribution in [0.4, 0.5) is 0 Å². The van der Waals surface area contributed by atoms with Crippen LogP contribution in [0.5, 0.6) is 0 Å². The molecule has 1 heterocycles. The van der Waals surface area contributed by atoms with Crippen molar-refractivity contribution in [3.05, 3.63) is 23.2 Å². The summed E-state index contributed by atoms with van der Waals surface area (Å²) in [4.78, 5) is 2.37. The highest BCUT2D eigenvalue weighted by molar-refractivity contribution is 5.20. The van der Waals surface area contributed by atoms with E-state index >= 15 is 0 Å². The van der Waals surface area contributed by atoms with Crippen LogP contribution in [0.25, 0.3) is 0 Å². The first-order chi connectivity index (χ1) is 9.58. The largest absolute Gasteiger partial charge is 0.463 e. The van der Waals surface area contributed by atoms with Gasteiger partial charge < -0.3 is 14.5 Å². The molecule has 20 heavy (non-hydrogen) atoms. The molecule has 116 valence electrons. The topological polar surface area (TPSA) is 37.6 Å². The van der Waals surface area contributed by atoms with E-state index < -0.39 is 0 Å². The molecule has 0 saturated carbocycles. The number of rotatable bonds is 10. The molecule has 1 rings (SSSR count). The van der Waals surface area contributed by atoms with Crippen LogP contribution < -0.4 is 5.32 Å². The monoisotopic (exact) mass is 282 g/mol. The van der Waals surface area contributed by atoms with E-state index in [1.54, 1.807) is 7.11 Å². The molecule has 4 nitrogen and oxygen atoms in total. The van der Waals surface area contributed by atoms with Gasteiger partial charge in [0, 0.05) is 19.7 Å². The molecule has 0 spiro atoms. The number of nitrogens with zero attached hydrogens (tertiary/aromatic N) is 1. The van der Waals surface area contributed by atoms with E-state index in [0.29, 0.717) is 6.04 Å². The maximum Gasteiger partial charge on any atom is 0.120 e. The Kier molecular flexibility index (Phi) is 7.88. The molecule has 0 aromatic carbocycles. The highest BCUT2D eigenvalue weighted by Crippen LogP contribution is 2.17. The lowest BCUT2D eigenvalue weighted by molar-refractivity contribution is 0.119. The van der Waals surface area contributed by atoms with Gasteiger partial charge in [-0.25, -0.2) is 0 Å². The third kappa shape index (κ3) is 5.65. The SMILES string of the molecule is CCCNCc1oc(CN(CCOC)C(C)C)cc1C. The molecule has 0 amide bonds. The van der Waals surface area contributed by atoms with E-state index in [9.17, 15) is 0 Å². The van der Waals surface area contributed by atoms with Crippen molar-refractivity contribution in [2.45, 2.75) is 53.2 Å². The standard InChI is InChI=1S/C16H30N2O2/c1-6-7-17-11-16-14(4)10-15(20-16)12-18(13(2)3)8-9-19-5/h10,13,17H,6-9,11-12H2,1-5H3. The predicted octanol–water partition coefficient (Wildman–Crippen LogP) is 2.94. The van der Waals surface area contributed by atoms with E-state index in [1.807, 2.05) is 0 Å². The fourth-order valence-corrected chi connectivity index (χ4v) is 2.15. The van der Waals surface area contributed by atoms with Gasteiger partial charge in [-0.05, 0) is 45.4 Å². The molecule has 0 bridgehead atoms. The molecule has 0 aliphatic heterocycles. The van der Waals surface area contributed by atoms with Crippen LogP contribution in [0.15, 0.2) is 10.5 Å². The zero-order chi connectivity index (χ0) is 15.0. The van der Waals surface area contributed by atoms with Crippen molar-refractivity contribution >= 4 is 0 Å².